The van der Waals surface area contributed by atoms with Crippen molar-refractivity contribution in [3.63, 3.8) is 0 Å². The van der Waals surface area contributed by atoms with Crippen LogP contribution in [0.3, 0.4) is 0 Å². The molecule has 2 rings (SSSR count). The highest BCUT2D eigenvalue weighted by atomic mass is 32.2. The van der Waals surface area contributed by atoms with Gasteiger partial charge in [0.25, 0.3) is 0 Å². The van der Waals surface area contributed by atoms with E-state index in [0.717, 1.165) is 0 Å². The fourth-order valence-corrected chi connectivity index (χ4v) is 3.47. The summed E-state index contributed by atoms with van der Waals surface area (Å²) in [5.74, 6) is -1.52. The van der Waals surface area contributed by atoms with E-state index in [0.29, 0.717) is 11.3 Å². The van der Waals surface area contributed by atoms with Gasteiger partial charge in [-0.1, -0.05) is 30.3 Å². The number of benzene rings is 2. The minimum atomic E-state index is -4.09. The SMILES string of the molecule is CCOC(=O)Nc1ccc(S(=O)(=O)N[C@@H](Cc2ccccc2)C(=O)[O-])cc1. The normalized spacial score (nSPS) is 12.2. The molecule has 2 aromatic carbocycles. The van der Waals surface area contributed by atoms with E-state index in [4.69, 9.17) is 4.74 Å². The molecule has 0 radical (unpaired) electrons. The van der Waals surface area contributed by atoms with Gasteiger partial charge in [0, 0.05) is 5.69 Å². The van der Waals surface area contributed by atoms with Crippen molar-refractivity contribution in [1.82, 2.24) is 4.72 Å². The van der Waals surface area contributed by atoms with Crippen LogP contribution in [-0.4, -0.2) is 33.1 Å². The van der Waals surface area contributed by atoms with E-state index in [1.54, 1.807) is 37.3 Å². The van der Waals surface area contributed by atoms with Gasteiger partial charge >= 0.3 is 6.09 Å². The Morgan fingerprint density at radius 1 is 1.07 bits per heavy atom. The molecule has 0 aliphatic heterocycles. The number of hydrogen-bond acceptors (Lipinski definition) is 6. The van der Waals surface area contributed by atoms with Crippen molar-refractivity contribution >= 4 is 27.8 Å². The smallest absolute Gasteiger partial charge is 0.411 e. The molecule has 0 aliphatic carbocycles. The molecular weight excluding hydrogens is 372 g/mol. The number of anilines is 1. The van der Waals surface area contributed by atoms with Gasteiger partial charge < -0.3 is 14.6 Å². The first-order valence-electron chi connectivity index (χ1n) is 8.13. The maximum atomic E-state index is 12.5. The van der Waals surface area contributed by atoms with E-state index in [-0.39, 0.29) is 17.9 Å². The Morgan fingerprint density at radius 2 is 1.70 bits per heavy atom. The average Bonchev–Trinajstić information content (AvgIpc) is 2.62. The monoisotopic (exact) mass is 391 g/mol. The van der Waals surface area contributed by atoms with Gasteiger partial charge in [-0.15, -0.1) is 0 Å². The maximum absolute atomic E-state index is 12.5. The first-order valence-corrected chi connectivity index (χ1v) is 9.61. The summed E-state index contributed by atoms with van der Waals surface area (Å²) in [5, 5.41) is 13.8. The molecule has 0 bridgehead atoms. The Kier molecular flexibility index (Phi) is 6.91. The van der Waals surface area contributed by atoms with Crippen molar-refractivity contribution in [3.05, 3.63) is 60.2 Å². The third-order valence-electron chi connectivity index (χ3n) is 3.55. The molecule has 0 fully saturated rings. The third kappa shape index (κ3) is 6.08. The molecule has 0 saturated carbocycles. The number of carboxylic acids is 1. The van der Waals surface area contributed by atoms with Crippen LogP contribution in [0, 0.1) is 0 Å². The fourth-order valence-electron chi connectivity index (χ4n) is 2.28. The molecule has 27 heavy (non-hydrogen) atoms. The molecule has 0 heterocycles. The Morgan fingerprint density at radius 3 is 2.26 bits per heavy atom. The van der Waals surface area contributed by atoms with Crippen molar-refractivity contribution in [2.24, 2.45) is 0 Å². The van der Waals surface area contributed by atoms with E-state index in [1.165, 1.54) is 24.3 Å². The molecule has 2 aromatic rings. The number of carbonyl (C=O) groups is 2. The second-order valence-corrected chi connectivity index (χ2v) is 7.27. The van der Waals surface area contributed by atoms with E-state index in [1.807, 2.05) is 0 Å². The Bertz CT molecular complexity index is 882. The van der Waals surface area contributed by atoms with Crippen LogP contribution in [0.25, 0.3) is 0 Å². The van der Waals surface area contributed by atoms with Gasteiger partial charge in [0.15, 0.2) is 0 Å². The quantitative estimate of drug-likeness (QED) is 0.689. The van der Waals surface area contributed by atoms with E-state index < -0.39 is 28.1 Å². The summed E-state index contributed by atoms with van der Waals surface area (Å²) < 4.78 is 31.8. The van der Waals surface area contributed by atoms with Gasteiger partial charge in [0.05, 0.1) is 23.5 Å². The van der Waals surface area contributed by atoms with Crippen LogP contribution >= 0.6 is 0 Å². The highest BCUT2D eigenvalue weighted by molar-refractivity contribution is 7.89. The Labute approximate surface area is 157 Å². The zero-order chi connectivity index (χ0) is 19.9. The van der Waals surface area contributed by atoms with Crippen molar-refractivity contribution in [2.45, 2.75) is 24.3 Å². The molecule has 144 valence electrons. The number of aliphatic carboxylic acids is 1. The van der Waals surface area contributed by atoms with Crippen LogP contribution in [0.15, 0.2) is 59.5 Å². The van der Waals surface area contributed by atoms with Crippen LogP contribution in [-0.2, 0) is 26.0 Å². The first-order chi connectivity index (χ1) is 12.8. The molecule has 9 heteroatoms. The number of ether oxygens (including phenoxy) is 1. The lowest BCUT2D eigenvalue weighted by atomic mass is 10.1. The fraction of sp³-hybridized carbons (Fsp3) is 0.222. The maximum Gasteiger partial charge on any atom is 0.411 e. The number of rotatable bonds is 8. The molecule has 0 unspecified atom stereocenters. The lowest BCUT2D eigenvalue weighted by molar-refractivity contribution is -0.307. The van der Waals surface area contributed by atoms with Crippen molar-refractivity contribution < 1.29 is 27.9 Å². The van der Waals surface area contributed by atoms with Gasteiger partial charge in [0.2, 0.25) is 10.0 Å². The summed E-state index contributed by atoms with van der Waals surface area (Å²) in [5.41, 5.74) is 0.997. The number of hydrogen-bond donors (Lipinski definition) is 2. The highest BCUT2D eigenvalue weighted by Crippen LogP contribution is 2.15. The summed E-state index contributed by atoms with van der Waals surface area (Å²) in [6.45, 7) is 1.86. The summed E-state index contributed by atoms with van der Waals surface area (Å²) >= 11 is 0. The number of nitrogens with one attached hydrogen (secondary N) is 2. The van der Waals surface area contributed by atoms with Gasteiger partial charge in [0.1, 0.15) is 0 Å². The van der Waals surface area contributed by atoms with Crippen LogP contribution in [0.5, 0.6) is 0 Å². The molecule has 8 nitrogen and oxygen atoms in total. The molecule has 0 aliphatic rings. The van der Waals surface area contributed by atoms with Gasteiger partial charge in [-0.05, 0) is 43.2 Å². The summed E-state index contributed by atoms with van der Waals surface area (Å²) in [4.78, 5) is 22.6. The van der Waals surface area contributed by atoms with Crippen LogP contribution in [0.4, 0.5) is 10.5 Å². The number of carboxylic acid groups (broad SMARTS) is 1. The molecule has 2 N–H and O–H groups in total. The van der Waals surface area contributed by atoms with Gasteiger partial charge in [-0.25, -0.2) is 17.9 Å². The second kappa shape index (κ2) is 9.15. The molecular formula is C18H19N2O6S-. The molecule has 0 spiro atoms. The van der Waals surface area contributed by atoms with Crippen molar-refractivity contribution in [3.8, 4) is 0 Å². The van der Waals surface area contributed by atoms with Crippen molar-refractivity contribution in [2.75, 3.05) is 11.9 Å². The lowest BCUT2D eigenvalue weighted by Gasteiger charge is -2.20. The Hall–Kier alpha value is -2.91. The minimum absolute atomic E-state index is 0.0507. The molecule has 0 saturated heterocycles. The van der Waals surface area contributed by atoms with Gasteiger partial charge in [-0.2, -0.15) is 0 Å². The zero-order valence-corrected chi connectivity index (χ0v) is 15.4. The average molecular weight is 391 g/mol. The predicted octanol–water partition coefficient (Wildman–Crippen LogP) is 0.894. The second-order valence-electron chi connectivity index (χ2n) is 5.55. The number of sulfonamides is 1. The summed E-state index contributed by atoms with van der Waals surface area (Å²) in [7, 11) is -4.09. The summed E-state index contributed by atoms with van der Waals surface area (Å²) in [6, 6.07) is 12.4. The Balaban J connectivity index is 2.11. The molecule has 1 amide bonds. The standard InChI is InChI=1S/C18H20N2O6S/c1-2-26-18(23)19-14-8-10-15(11-9-14)27(24,25)20-16(17(21)22)12-13-6-4-3-5-7-13/h3-11,16,20H,2,12H2,1H3,(H,19,23)(H,21,22)/p-1/t16-/m0/s1. The molecule has 0 aromatic heterocycles. The predicted molar refractivity (Wildman–Crippen MR) is 96.3 cm³/mol. The van der Waals surface area contributed by atoms with E-state index in [2.05, 4.69) is 10.0 Å². The number of amides is 1. The minimum Gasteiger partial charge on any atom is -0.548 e. The topological polar surface area (TPSA) is 125 Å². The largest absolute Gasteiger partial charge is 0.548 e. The van der Waals surface area contributed by atoms with Crippen LogP contribution in [0.2, 0.25) is 0 Å². The van der Waals surface area contributed by atoms with E-state index in [9.17, 15) is 23.1 Å². The van der Waals surface area contributed by atoms with Crippen LogP contribution < -0.4 is 15.1 Å². The molecule has 1 atom stereocenters. The lowest BCUT2D eigenvalue weighted by Crippen LogP contribution is -2.49. The third-order valence-corrected chi connectivity index (χ3v) is 5.04. The van der Waals surface area contributed by atoms with E-state index >= 15 is 0 Å². The summed E-state index contributed by atoms with van der Waals surface area (Å²) in [6.07, 6.45) is -0.712. The van der Waals surface area contributed by atoms with Crippen LogP contribution in [0.1, 0.15) is 12.5 Å². The number of carbonyl (C=O) groups excluding carboxylic acids is 2. The van der Waals surface area contributed by atoms with Gasteiger partial charge in [-0.3, -0.25) is 5.32 Å². The zero-order valence-electron chi connectivity index (χ0n) is 14.5. The van der Waals surface area contributed by atoms with Crippen molar-refractivity contribution in [1.29, 1.82) is 0 Å². The highest BCUT2D eigenvalue weighted by Gasteiger charge is 2.21. The first kappa shape index (κ1) is 20.4.